The van der Waals surface area contributed by atoms with Crippen molar-refractivity contribution in [3.63, 3.8) is 0 Å². The van der Waals surface area contributed by atoms with E-state index in [9.17, 15) is 9.90 Å². The quantitative estimate of drug-likeness (QED) is 0.860. The zero-order valence-electron chi connectivity index (χ0n) is 13.7. The summed E-state index contributed by atoms with van der Waals surface area (Å²) in [6.45, 7) is 1.91. The molecule has 2 aromatic rings. The summed E-state index contributed by atoms with van der Waals surface area (Å²) in [4.78, 5) is 14.1. The number of ether oxygens (including phenoxy) is 3. The van der Waals surface area contributed by atoms with Crippen LogP contribution < -0.4 is 9.47 Å². The molecule has 0 radical (unpaired) electrons. The molecule has 0 amide bonds. The molecule has 6 heteroatoms. The van der Waals surface area contributed by atoms with Crippen LogP contribution in [0.2, 0.25) is 0 Å². The van der Waals surface area contributed by atoms with E-state index < -0.39 is 5.97 Å². The largest absolute Gasteiger partial charge is 0.496 e. The van der Waals surface area contributed by atoms with E-state index in [2.05, 4.69) is 0 Å². The number of hydrogen-bond donors (Lipinski definition) is 1. The van der Waals surface area contributed by atoms with Crippen molar-refractivity contribution in [3.05, 3.63) is 46.5 Å². The van der Waals surface area contributed by atoms with Crippen LogP contribution in [0.3, 0.4) is 0 Å². The van der Waals surface area contributed by atoms with Crippen LogP contribution in [0.1, 0.15) is 27.0 Å². The first-order valence-corrected chi connectivity index (χ1v) is 8.24. The first kappa shape index (κ1) is 16.7. The van der Waals surface area contributed by atoms with Crippen molar-refractivity contribution in [3.8, 4) is 11.5 Å². The van der Waals surface area contributed by atoms with Gasteiger partial charge in [0.25, 0.3) is 0 Å². The third kappa shape index (κ3) is 2.83. The minimum absolute atomic E-state index is 0.158. The number of benzene rings is 2. The van der Waals surface area contributed by atoms with Crippen molar-refractivity contribution >= 4 is 17.7 Å². The monoisotopic (exact) mass is 346 g/mol. The van der Waals surface area contributed by atoms with E-state index in [1.54, 1.807) is 19.2 Å². The van der Waals surface area contributed by atoms with Crippen LogP contribution in [0.25, 0.3) is 0 Å². The Kier molecular flexibility index (Phi) is 4.69. The molecule has 0 unspecified atom stereocenters. The Morgan fingerprint density at radius 1 is 1.25 bits per heavy atom. The molecule has 0 aromatic heterocycles. The van der Waals surface area contributed by atoms with Crippen molar-refractivity contribution in [2.45, 2.75) is 29.9 Å². The number of aryl methyl sites for hydroxylation is 1. The number of aliphatic hydroxyl groups excluding tert-OH is 1. The van der Waals surface area contributed by atoms with Gasteiger partial charge in [-0.3, -0.25) is 0 Å². The molecule has 2 aromatic carbocycles. The molecule has 0 atom stereocenters. The summed E-state index contributed by atoms with van der Waals surface area (Å²) in [5.41, 5.74) is 2.82. The van der Waals surface area contributed by atoms with Crippen LogP contribution in [0.15, 0.2) is 34.1 Å². The number of cyclic esters (lactones) is 1. The number of hydrogen-bond acceptors (Lipinski definition) is 6. The van der Waals surface area contributed by atoms with Gasteiger partial charge in [-0.25, -0.2) is 4.79 Å². The number of aliphatic hydroxyl groups is 1. The molecular formula is C18H18O5S. The molecule has 0 saturated heterocycles. The Hall–Kier alpha value is -2.18. The van der Waals surface area contributed by atoms with Crippen molar-refractivity contribution in [1.29, 1.82) is 0 Å². The molecule has 1 aliphatic rings. The highest BCUT2D eigenvalue weighted by Crippen LogP contribution is 2.44. The normalized spacial score (nSPS) is 13.2. The maximum atomic E-state index is 12.5. The molecule has 1 N–H and O–H groups in total. The Bertz CT molecular complexity index is 800. The molecule has 0 spiro atoms. The van der Waals surface area contributed by atoms with Crippen LogP contribution in [0.4, 0.5) is 0 Å². The predicted octanol–water partition coefficient (Wildman–Crippen LogP) is 3.33. The van der Waals surface area contributed by atoms with Gasteiger partial charge in [0.05, 0.1) is 25.7 Å². The maximum Gasteiger partial charge on any atom is 0.343 e. The smallest absolute Gasteiger partial charge is 0.343 e. The molecule has 1 aliphatic heterocycles. The Balaban J connectivity index is 2.21. The summed E-state index contributed by atoms with van der Waals surface area (Å²) in [6, 6.07) is 7.49. The minimum atomic E-state index is -0.462. The lowest BCUT2D eigenvalue weighted by atomic mass is 10.1. The van der Waals surface area contributed by atoms with Gasteiger partial charge in [0.15, 0.2) is 0 Å². The highest BCUT2D eigenvalue weighted by molar-refractivity contribution is 7.99. The number of rotatable bonds is 3. The molecule has 5 nitrogen and oxygen atoms in total. The minimum Gasteiger partial charge on any atom is -0.496 e. The summed E-state index contributed by atoms with van der Waals surface area (Å²) in [5, 5.41) is 9.47. The molecule has 0 fully saturated rings. The fourth-order valence-corrected chi connectivity index (χ4v) is 3.88. The maximum absolute atomic E-state index is 12.5. The molecular weight excluding hydrogens is 328 g/mol. The molecule has 0 saturated carbocycles. The predicted molar refractivity (Wildman–Crippen MR) is 89.9 cm³/mol. The fourth-order valence-electron chi connectivity index (χ4n) is 2.76. The van der Waals surface area contributed by atoms with Gasteiger partial charge in [0.2, 0.25) is 0 Å². The fraction of sp³-hybridized carbons (Fsp3) is 0.278. The summed E-state index contributed by atoms with van der Waals surface area (Å²) >= 11 is 1.44. The average molecular weight is 346 g/mol. The second-order valence-corrected chi connectivity index (χ2v) is 6.48. The van der Waals surface area contributed by atoms with Gasteiger partial charge in [-0.2, -0.15) is 0 Å². The third-order valence-electron chi connectivity index (χ3n) is 3.85. The van der Waals surface area contributed by atoms with E-state index in [0.717, 1.165) is 21.8 Å². The number of carbonyl (C=O) groups excluding carboxylic acids is 1. The zero-order valence-corrected chi connectivity index (χ0v) is 14.5. The van der Waals surface area contributed by atoms with E-state index in [1.807, 2.05) is 19.1 Å². The van der Waals surface area contributed by atoms with Gasteiger partial charge in [-0.15, -0.1) is 0 Å². The number of carbonyl (C=O) groups is 1. The van der Waals surface area contributed by atoms with Gasteiger partial charge in [0.1, 0.15) is 23.7 Å². The lowest BCUT2D eigenvalue weighted by molar-refractivity contribution is 0.0459. The summed E-state index contributed by atoms with van der Waals surface area (Å²) in [6.07, 6.45) is 0. The standard InChI is InChI=1S/C18H18O5S/c1-10-6-12-9-23-18(20)15-14(24-17(12)13(7-10)21-2)5-4-11(8-19)16(15)22-3/h4-7,19H,8-9H2,1-3H3. The van der Waals surface area contributed by atoms with Crippen molar-refractivity contribution in [2.75, 3.05) is 14.2 Å². The molecule has 0 bridgehead atoms. The number of methoxy groups -OCH3 is 2. The van der Waals surface area contributed by atoms with E-state index in [0.29, 0.717) is 21.8 Å². The highest BCUT2D eigenvalue weighted by atomic mass is 32.2. The first-order valence-electron chi connectivity index (χ1n) is 7.42. The van der Waals surface area contributed by atoms with Crippen LogP contribution >= 0.6 is 11.8 Å². The summed E-state index contributed by atoms with van der Waals surface area (Å²) in [7, 11) is 3.10. The van der Waals surface area contributed by atoms with E-state index >= 15 is 0 Å². The molecule has 126 valence electrons. The van der Waals surface area contributed by atoms with Gasteiger partial charge in [-0.05, 0) is 24.6 Å². The van der Waals surface area contributed by atoms with E-state index in [-0.39, 0.29) is 13.2 Å². The Morgan fingerprint density at radius 2 is 2.04 bits per heavy atom. The van der Waals surface area contributed by atoms with Crippen LogP contribution in [-0.2, 0) is 18.0 Å². The lowest BCUT2D eigenvalue weighted by Crippen LogP contribution is -2.13. The Labute approximate surface area is 144 Å². The van der Waals surface area contributed by atoms with Gasteiger partial charge in [-0.1, -0.05) is 23.9 Å². The third-order valence-corrected chi connectivity index (χ3v) is 5.07. The topological polar surface area (TPSA) is 65.0 Å². The second-order valence-electron chi connectivity index (χ2n) is 5.42. The highest BCUT2D eigenvalue weighted by Gasteiger charge is 2.27. The zero-order chi connectivity index (χ0) is 17.3. The van der Waals surface area contributed by atoms with Crippen molar-refractivity contribution in [2.24, 2.45) is 0 Å². The number of fused-ring (bicyclic) bond motifs is 2. The summed E-state index contributed by atoms with van der Waals surface area (Å²) < 4.78 is 16.3. The average Bonchev–Trinajstić information content (AvgIpc) is 2.58. The van der Waals surface area contributed by atoms with Gasteiger partial charge < -0.3 is 19.3 Å². The lowest BCUT2D eigenvalue weighted by Gasteiger charge is -2.21. The number of esters is 1. The molecule has 0 aliphatic carbocycles. The van der Waals surface area contributed by atoms with Crippen LogP contribution in [-0.4, -0.2) is 25.3 Å². The molecule has 1 heterocycles. The molecule has 24 heavy (non-hydrogen) atoms. The van der Waals surface area contributed by atoms with Crippen LogP contribution in [0.5, 0.6) is 11.5 Å². The second kappa shape index (κ2) is 6.75. The van der Waals surface area contributed by atoms with Crippen molar-refractivity contribution in [1.82, 2.24) is 0 Å². The van der Waals surface area contributed by atoms with Crippen molar-refractivity contribution < 1.29 is 24.1 Å². The Morgan fingerprint density at radius 3 is 2.71 bits per heavy atom. The van der Waals surface area contributed by atoms with E-state index in [1.165, 1.54) is 18.9 Å². The first-order chi connectivity index (χ1) is 11.6. The SMILES string of the molecule is COc1cc(C)cc2c1Sc1ccc(CO)c(OC)c1C(=O)OC2. The molecule has 3 rings (SSSR count). The summed E-state index contributed by atoms with van der Waals surface area (Å²) in [5.74, 6) is 0.627. The van der Waals surface area contributed by atoms with Gasteiger partial charge >= 0.3 is 5.97 Å². The van der Waals surface area contributed by atoms with E-state index in [4.69, 9.17) is 14.2 Å². The van der Waals surface area contributed by atoms with Crippen LogP contribution in [0, 0.1) is 6.92 Å². The van der Waals surface area contributed by atoms with Gasteiger partial charge in [0, 0.05) is 16.0 Å².